The Kier molecular flexibility index (Phi) is 4.88. The Bertz CT molecular complexity index is 1040. The highest BCUT2D eigenvalue weighted by molar-refractivity contribution is 6.07. The molecule has 0 bridgehead atoms. The highest BCUT2D eigenvalue weighted by Gasteiger charge is 2.48. The van der Waals surface area contributed by atoms with Crippen molar-refractivity contribution < 1.29 is 19.1 Å². The van der Waals surface area contributed by atoms with Crippen molar-refractivity contribution in [1.29, 1.82) is 0 Å². The maximum Gasteiger partial charge on any atom is 0.322 e. The molecule has 2 fully saturated rings. The van der Waals surface area contributed by atoms with Crippen LogP contribution in [0.15, 0.2) is 42.5 Å². The molecule has 1 saturated carbocycles. The number of rotatable bonds is 4. The average Bonchev–Trinajstić information content (AvgIpc) is 3.36. The van der Waals surface area contributed by atoms with Crippen LogP contribution in [0, 0.1) is 5.92 Å². The van der Waals surface area contributed by atoms with Gasteiger partial charge in [-0.2, -0.15) is 0 Å². The molecule has 2 aliphatic heterocycles. The van der Waals surface area contributed by atoms with Gasteiger partial charge >= 0.3 is 6.03 Å². The van der Waals surface area contributed by atoms with Gasteiger partial charge in [-0.3, -0.25) is 14.9 Å². The molecule has 7 nitrogen and oxygen atoms in total. The summed E-state index contributed by atoms with van der Waals surface area (Å²) in [6, 6.07) is 14.1. The number of fused-ring (bicyclic) bond motifs is 1. The Morgan fingerprint density at radius 3 is 2.52 bits per heavy atom. The van der Waals surface area contributed by atoms with E-state index in [4.69, 9.17) is 4.74 Å². The summed E-state index contributed by atoms with van der Waals surface area (Å²) in [5.74, 6) is 0.575. The van der Waals surface area contributed by atoms with Crippen molar-refractivity contribution in [2.45, 2.75) is 44.2 Å². The standard InChI is InChI=1S/C24H25N3O4/c28-21(17-7-10-24(11-8-17)22(29)26-23(30)27-24)25-14-15-1-3-16(4-2-15)18-5-6-20-19(13-18)9-12-31-20/h1-6,13,17H,7-12,14H2,(H,25,28)(H2,26,27,29,30). The number of nitrogens with one attached hydrogen (secondary N) is 3. The van der Waals surface area contributed by atoms with Crippen LogP contribution in [-0.4, -0.2) is 30.0 Å². The van der Waals surface area contributed by atoms with Gasteiger partial charge in [-0.1, -0.05) is 30.3 Å². The number of ether oxygens (including phenoxy) is 1. The van der Waals surface area contributed by atoms with E-state index in [1.54, 1.807) is 0 Å². The van der Waals surface area contributed by atoms with Crippen molar-refractivity contribution >= 4 is 17.8 Å². The first kappa shape index (κ1) is 19.6. The number of imide groups is 1. The third kappa shape index (κ3) is 3.76. The van der Waals surface area contributed by atoms with Crippen LogP contribution in [0.3, 0.4) is 0 Å². The highest BCUT2D eigenvalue weighted by atomic mass is 16.5. The van der Waals surface area contributed by atoms with Crippen LogP contribution >= 0.6 is 0 Å². The van der Waals surface area contributed by atoms with Gasteiger partial charge in [0.1, 0.15) is 11.3 Å². The van der Waals surface area contributed by atoms with Crippen molar-refractivity contribution in [3.05, 3.63) is 53.6 Å². The van der Waals surface area contributed by atoms with E-state index in [2.05, 4.69) is 40.2 Å². The quantitative estimate of drug-likeness (QED) is 0.664. The van der Waals surface area contributed by atoms with Crippen LogP contribution in [-0.2, 0) is 22.6 Å². The minimum absolute atomic E-state index is 0.00211. The number of amides is 4. The smallest absolute Gasteiger partial charge is 0.322 e. The van der Waals surface area contributed by atoms with Gasteiger partial charge in [0.05, 0.1) is 6.61 Å². The molecule has 5 rings (SSSR count). The highest BCUT2D eigenvalue weighted by Crippen LogP contribution is 2.34. The van der Waals surface area contributed by atoms with Crippen molar-refractivity contribution in [2.24, 2.45) is 5.92 Å². The monoisotopic (exact) mass is 419 g/mol. The molecule has 1 saturated heterocycles. The predicted octanol–water partition coefficient (Wildman–Crippen LogP) is 2.67. The molecule has 0 unspecified atom stereocenters. The van der Waals surface area contributed by atoms with Gasteiger partial charge in [-0.05, 0) is 60.1 Å². The van der Waals surface area contributed by atoms with Gasteiger partial charge in [-0.15, -0.1) is 0 Å². The molecular formula is C24H25N3O4. The first-order valence-corrected chi connectivity index (χ1v) is 10.8. The lowest BCUT2D eigenvalue weighted by Crippen LogP contribution is -2.50. The molecule has 0 aromatic heterocycles. The van der Waals surface area contributed by atoms with Crippen LogP contribution in [0.2, 0.25) is 0 Å². The summed E-state index contributed by atoms with van der Waals surface area (Å²) in [7, 11) is 0. The Hall–Kier alpha value is -3.35. The number of carbonyl (C=O) groups excluding carboxylic acids is 3. The summed E-state index contributed by atoms with van der Waals surface area (Å²) in [5, 5.41) is 8.05. The van der Waals surface area contributed by atoms with Crippen LogP contribution < -0.4 is 20.7 Å². The molecule has 160 valence electrons. The van der Waals surface area contributed by atoms with Crippen LogP contribution in [0.1, 0.15) is 36.8 Å². The second-order valence-electron chi connectivity index (χ2n) is 8.60. The SMILES string of the molecule is O=C1NC(=O)C2(CCC(C(=O)NCc3ccc(-c4ccc5c(c4)CCO5)cc3)CC2)N1. The largest absolute Gasteiger partial charge is 0.493 e. The lowest BCUT2D eigenvalue weighted by Gasteiger charge is -2.33. The summed E-state index contributed by atoms with van der Waals surface area (Å²) in [4.78, 5) is 36.1. The van der Waals surface area contributed by atoms with E-state index in [1.165, 1.54) is 11.1 Å². The van der Waals surface area contributed by atoms with Crippen LogP contribution in [0.4, 0.5) is 4.79 Å². The molecule has 2 heterocycles. The Morgan fingerprint density at radius 2 is 1.81 bits per heavy atom. The molecule has 4 amide bonds. The zero-order valence-electron chi connectivity index (χ0n) is 17.2. The molecule has 1 spiro atoms. The third-order valence-corrected chi connectivity index (χ3v) is 6.67. The fourth-order valence-corrected chi connectivity index (χ4v) is 4.77. The number of hydrogen-bond donors (Lipinski definition) is 3. The van der Waals surface area contributed by atoms with Crippen molar-refractivity contribution in [3.8, 4) is 16.9 Å². The number of hydrogen-bond acceptors (Lipinski definition) is 4. The zero-order valence-corrected chi connectivity index (χ0v) is 17.2. The zero-order chi connectivity index (χ0) is 21.4. The van der Waals surface area contributed by atoms with E-state index in [-0.39, 0.29) is 17.7 Å². The van der Waals surface area contributed by atoms with E-state index in [0.29, 0.717) is 32.2 Å². The molecule has 2 aromatic carbocycles. The molecule has 3 N–H and O–H groups in total. The third-order valence-electron chi connectivity index (χ3n) is 6.67. The maximum absolute atomic E-state index is 12.6. The van der Waals surface area contributed by atoms with Gasteiger partial charge in [0.25, 0.3) is 5.91 Å². The van der Waals surface area contributed by atoms with Crippen LogP contribution in [0.5, 0.6) is 5.75 Å². The molecule has 7 heteroatoms. The average molecular weight is 419 g/mol. The minimum atomic E-state index is -0.826. The fourth-order valence-electron chi connectivity index (χ4n) is 4.77. The Morgan fingerprint density at radius 1 is 1.06 bits per heavy atom. The van der Waals surface area contributed by atoms with E-state index in [9.17, 15) is 14.4 Å². The van der Waals surface area contributed by atoms with Gasteiger partial charge in [0, 0.05) is 18.9 Å². The fraction of sp³-hybridized carbons (Fsp3) is 0.375. The van der Waals surface area contributed by atoms with Crippen molar-refractivity contribution in [1.82, 2.24) is 16.0 Å². The van der Waals surface area contributed by atoms with Gasteiger partial charge in [0.2, 0.25) is 5.91 Å². The van der Waals surface area contributed by atoms with Gasteiger partial charge < -0.3 is 15.4 Å². The summed E-state index contributed by atoms with van der Waals surface area (Å²) in [6.45, 7) is 1.22. The second-order valence-corrected chi connectivity index (χ2v) is 8.60. The summed E-state index contributed by atoms with van der Waals surface area (Å²) < 4.78 is 5.57. The lowest BCUT2D eigenvalue weighted by molar-refractivity contribution is -0.130. The normalized spacial score (nSPS) is 24.3. The molecular weight excluding hydrogens is 394 g/mol. The summed E-state index contributed by atoms with van der Waals surface area (Å²) in [5.41, 5.74) is 3.76. The van der Waals surface area contributed by atoms with E-state index in [1.807, 2.05) is 18.2 Å². The van der Waals surface area contributed by atoms with E-state index < -0.39 is 11.6 Å². The van der Waals surface area contributed by atoms with Gasteiger partial charge in [-0.25, -0.2) is 4.79 Å². The summed E-state index contributed by atoms with van der Waals surface area (Å²) in [6.07, 6.45) is 3.10. The lowest BCUT2D eigenvalue weighted by atomic mass is 9.76. The van der Waals surface area contributed by atoms with Crippen LogP contribution in [0.25, 0.3) is 11.1 Å². The predicted molar refractivity (Wildman–Crippen MR) is 114 cm³/mol. The Labute approximate surface area is 180 Å². The second kappa shape index (κ2) is 7.72. The maximum atomic E-state index is 12.6. The first-order chi connectivity index (χ1) is 15.0. The molecule has 0 atom stereocenters. The molecule has 2 aromatic rings. The Balaban J connectivity index is 1.15. The topological polar surface area (TPSA) is 96.5 Å². The minimum Gasteiger partial charge on any atom is -0.493 e. The molecule has 31 heavy (non-hydrogen) atoms. The van der Waals surface area contributed by atoms with E-state index in [0.717, 1.165) is 29.9 Å². The van der Waals surface area contributed by atoms with Gasteiger partial charge in [0.15, 0.2) is 0 Å². The molecule has 3 aliphatic rings. The summed E-state index contributed by atoms with van der Waals surface area (Å²) >= 11 is 0. The van der Waals surface area contributed by atoms with Crippen molar-refractivity contribution in [3.63, 3.8) is 0 Å². The van der Waals surface area contributed by atoms with Crippen molar-refractivity contribution in [2.75, 3.05) is 6.61 Å². The number of urea groups is 1. The molecule has 1 aliphatic carbocycles. The number of carbonyl (C=O) groups is 3. The number of benzene rings is 2. The molecule has 0 radical (unpaired) electrons. The van der Waals surface area contributed by atoms with E-state index >= 15 is 0 Å². The first-order valence-electron chi connectivity index (χ1n) is 10.8.